The van der Waals surface area contributed by atoms with E-state index in [1.165, 1.54) is 12.1 Å². The molecule has 0 aliphatic heterocycles. The van der Waals surface area contributed by atoms with Gasteiger partial charge >= 0.3 is 0 Å². The zero-order chi connectivity index (χ0) is 15.1. The quantitative estimate of drug-likeness (QED) is 0.603. The van der Waals surface area contributed by atoms with Crippen LogP contribution < -0.4 is 10.5 Å². The normalized spacial score (nSPS) is 28.9. The molecule has 5 nitrogen and oxygen atoms in total. The number of hydrogen-bond acceptors (Lipinski definition) is 4. The van der Waals surface area contributed by atoms with E-state index in [1.807, 2.05) is 0 Å². The molecule has 1 saturated carbocycles. The van der Waals surface area contributed by atoms with E-state index in [2.05, 4.69) is 45.7 Å². The summed E-state index contributed by atoms with van der Waals surface area (Å²) in [7, 11) is 0. The highest BCUT2D eigenvalue weighted by molar-refractivity contribution is 9.11. The Bertz CT molecular complexity index is 529. The molecule has 20 heavy (non-hydrogen) atoms. The second kappa shape index (κ2) is 5.61. The van der Waals surface area contributed by atoms with Crippen LogP contribution in [0.5, 0.6) is 5.75 Å². The fourth-order valence-corrected chi connectivity index (χ4v) is 3.78. The third kappa shape index (κ3) is 2.58. The summed E-state index contributed by atoms with van der Waals surface area (Å²) in [5, 5.41) is 10.8. The first kappa shape index (κ1) is 15.7. The SMILES string of the molecule is CCC1(C)C(N)CC1Oc1c(Br)cc([N+](=O)[O-])cc1Br. The molecule has 1 fully saturated rings. The van der Waals surface area contributed by atoms with Crippen LogP contribution in [-0.2, 0) is 0 Å². The van der Waals surface area contributed by atoms with Gasteiger partial charge in [-0.05, 0) is 38.3 Å². The highest BCUT2D eigenvalue weighted by Gasteiger charge is 2.50. The molecular weight excluding hydrogens is 392 g/mol. The molecule has 1 aliphatic carbocycles. The minimum absolute atomic E-state index is 0.0136. The molecule has 3 unspecified atom stereocenters. The van der Waals surface area contributed by atoms with Crippen LogP contribution in [0.1, 0.15) is 26.7 Å². The number of nitro groups is 1. The zero-order valence-corrected chi connectivity index (χ0v) is 14.4. The Labute approximate surface area is 134 Å². The van der Waals surface area contributed by atoms with Crippen molar-refractivity contribution in [2.45, 2.75) is 38.8 Å². The average Bonchev–Trinajstić information content (AvgIpc) is 2.39. The van der Waals surface area contributed by atoms with Crippen LogP contribution in [0.3, 0.4) is 0 Å². The van der Waals surface area contributed by atoms with E-state index in [1.54, 1.807) is 0 Å². The van der Waals surface area contributed by atoms with E-state index in [0.29, 0.717) is 14.7 Å². The van der Waals surface area contributed by atoms with Crippen molar-refractivity contribution < 1.29 is 9.66 Å². The number of hydrogen-bond donors (Lipinski definition) is 1. The number of nitrogens with two attached hydrogens (primary N) is 1. The molecular formula is C13H16Br2N2O3. The summed E-state index contributed by atoms with van der Waals surface area (Å²) in [5.41, 5.74) is 6.02. The van der Waals surface area contributed by atoms with Gasteiger partial charge in [-0.1, -0.05) is 13.8 Å². The second-order valence-electron chi connectivity index (χ2n) is 5.30. The van der Waals surface area contributed by atoms with Gasteiger partial charge in [0, 0.05) is 30.0 Å². The van der Waals surface area contributed by atoms with E-state index >= 15 is 0 Å². The predicted octanol–water partition coefficient (Wildman–Crippen LogP) is 4.01. The molecule has 2 N–H and O–H groups in total. The van der Waals surface area contributed by atoms with E-state index in [4.69, 9.17) is 10.5 Å². The van der Waals surface area contributed by atoms with Gasteiger partial charge in [0.1, 0.15) is 11.9 Å². The number of non-ortho nitro benzene ring substituents is 1. The highest BCUT2D eigenvalue weighted by atomic mass is 79.9. The Morgan fingerprint density at radius 1 is 1.50 bits per heavy atom. The fourth-order valence-electron chi connectivity index (χ4n) is 2.43. The minimum Gasteiger partial charge on any atom is -0.487 e. The monoisotopic (exact) mass is 406 g/mol. The molecule has 0 radical (unpaired) electrons. The lowest BCUT2D eigenvalue weighted by Gasteiger charge is -2.51. The molecule has 110 valence electrons. The van der Waals surface area contributed by atoms with Crippen molar-refractivity contribution >= 4 is 37.5 Å². The summed E-state index contributed by atoms with van der Waals surface area (Å²) < 4.78 is 7.16. The van der Waals surface area contributed by atoms with Gasteiger partial charge in [-0.3, -0.25) is 10.1 Å². The van der Waals surface area contributed by atoms with Gasteiger partial charge in [-0.2, -0.15) is 0 Å². The molecule has 7 heteroatoms. The summed E-state index contributed by atoms with van der Waals surface area (Å²) >= 11 is 6.66. The van der Waals surface area contributed by atoms with Crippen molar-refractivity contribution in [2.75, 3.05) is 0 Å². The van der Waals surface area contributed by atoms with Crippen LogP contribution in [0.15, 0.2) is 21.1 Å². The van der Waals surface area contributed by atoms with E-state index < -0.39 is 4.92 Å². The lowest BCUT2D eigenvalue weighted by Crippen LogP contribution is -2.61. The van der Waals surface area contributed by atoms with Crippen LogP contribution >= 0.6 is 31.9 Å². The Hall–Kier alpha value is -0.660. The largest absolute Gasteiger partial charge is 0.487 e. The molecule has 0 bridgehead atoms. The topological polar surface area (TPSA) is 78.4 Å². The van der Waals surface area contributed by atoms with E-state index in [-0.39, 0.29) is 23.2 Å². The van der Waals surface area contributed by atoms with Crippen molar-refractivity contribution in [3.05, 3.63) is 31.2 Å². The summed E-state index contributed by atoms with van der Waals surface area (Å²) in [5.74, 6) is 0.590. The van der Waals surface area contributed by atoms with Gasteiger partial charge < -0.3 is 10.5 Å². The van der Waals surface area contributed by atoms with E-state index in [0.717, 1.165) is 12.8 Å². The standard InChI is InChI=1S/C13H16Br2N2O3/c1-3-13(2)10(16)6-11(13)20-12-8(14)4-7(17(18)19)5-9(12)15/h4-5,10-11H,3,6,16H2,1-2H3. The Kier molecular flexibility index (Phi) is 4.41. The smallest absolute Gasteiger partial charge is 0.271 e. The maximum Gasteiger partial charge on any atom is 0.271 e. The number of benzene rings is 1. The Morgan fingerprint density at radius 3 is 2.45 bits per heavy atom. The molecule has 0 spiro atoms. The van der Waals surface area contributed by atoms with E-state index in [9.17, 15) is 10.1 Å². The van der Waals surface area contributed by atoms with Gasteiger partial charge in [0.15, 0.2) is 0 Å². The van der Waals surface area contributed by atoms with Crippen molar-refractivity contribution in [3.63, 3.8) is 0 Å². The number of rotatable bonds is 4. The van der Waals surface area contributed by atoms with Crippen LogP contribution in [0.25, 0.3) is 0 Å². The van der Waals surface area contributed by atoms with Crippen molar-refractivity contribution in [2.24, 2.45) is 11.1 Å². The first-order chi connectivity index (χ1) is 9.29. The third-order valence-corrected chi connectivity index (χ3v) is 5.44. The second-order valence-corrected chi connectivity index (χ2v) is 7.01. The predicted molar refractivity (Wildman–Crippen MR) is 83.9 cm³/mol. The number of halogens is 2. The fraction of sp³-hybridized carbons (Fsp3) is 0.538. The van der Waals surface area contributed by atoms with Crippen molar-refractivity contribution in [1.29, 1.82) is 0 Å². The maximum absolute atomic E-state index is 10.8. The van der Waals surface area contributed by atoms with Crippen LogP contribution in [0.4, 0.5) is 5.69 Å². The Balaban J connectivity index is 2.25. The Morgan fingerprint density at radius 2 is 2.05 bits per heavy atom. The van der Waals surface area contributed by atoms with Gasteiger partial charge in [0.25, 0.3) is 5.69 Å². The van der Waals surface area contributed by atoms with Gasteiger partial charge in [-0.15, -0.1) is 0 Å². The first-order valence-electron chi connectivity index (χ1n) is 6.35. The van der Waals surface area contributed by atoms with Crippen LogP contribution in [-0.4, -0.2) is 17.1 Å². The van der Waals surface area contributed by atoms with Crippen LogP contribution in [0.2, 0.25) is 0 Å². The molecule has 0 aromatic heterocycles. The summed E-state index contributed by atoms with van der Waals surface area (Å²) in [6.07, 6.45) is 1.75. The molecule has 0 amide bonds. The lowest BCUT2D eigenvalue weighted by molar-refractivity contribution is -0.385. The van der Waals surface area contributed by atoms with Gasteiger partial charge in [0.05, 0.1) is 13.9 Å². The zero-order valence-electron chi connectivity index (χ0n) is 11.2. The van der Waals surface area contributed by atoms with Gasteiger partial charge in [-0.25, -0.2) is 0 Å². The molecule has 0 saturated heterocycles. The van der Waals surface area contributed by atoms with Crippen molar-refractivity contribution in [1.82, 2.24) is 0 Å². The third-order valence-electron chi connectivity index (χ3n) is 4.27. The van der Waals surface area contributed by atoms with Crippen LogP contribution in [0, 0.1) is 15.5 Å². The van der Waals surface area contributed by atoms with Crippen molar-refractivity contribution in [3.8, 4) is 5.75 Å². The molecule has 1 aliphatic rings. The summed E-state index contributed by atoms with van der Waals surface area (Å²) in [6.45, 7) is 4.20. The molecule has 3 atom stereocenters. The number of nitro benzene ring substituents is 1. The molecule has 1 aromatic rings. The summed E-state index contributed by atoms with van der Waals surface area (Å²) in [6, 6.07) is 3.03. The number of nitrogens with zero attached hydrogens (tertiary/aromatic N) is 1. The van der Waals surface area contributed by atoms with Gasteiger partial charge in [0.2, 0.25) is 0 Å². The molecule has 0 heterocycles. The number of ether oxygens (including phenoxy) is 1. The minimum atomic E-state index is -0.436. The molecule has 1 aromatic carbocycles. The summed E-state index contributed by atoms with van der Waals surface area (Å²) in [4.78, 5) is 10.4. The average molecular weight is 408 g/mol. The lowest BCUT2D eigenvalue weighted by atomic mass is 9.62. The molecule has 2 rings (SSSR count). The maximum atomic E-state index is 10.8. The first-order valence-corrected chi connectivity index (χ1v) is 7.94. The highest BCUT2D eigenvalue weighted by Crippen LogP contribution is 2.47.